The van der Waals surface area contributed by atoms with Crippen molar-refractivity contribution in [3.05, 3.63) is 0 Å². The summed E-state index contributed by atoms with van der Waals surface area (Å²) in [7, 11) is 0. The van der Waals surface area contributed by atoms with E-state index in [2.05, 4.69) is 5.32 Å². The molecule has 1 saturated heterocycles. The fourth-order valence-corrected chi connectivity index (χ4v) is 4.27. The molecule has 0 unspecified atom stereocenters. The molecule has 2 saturated carbocycles. The molecule has 3 amide bonds. The Morgan fingerprint density at radius 1 is 1.04 bits per heavy atom. The second-order valence-electron chi connectivity index (χ2n) is 7.38. The van der Waals surface area contributed by atoms with Crippen molar-refractivity contribution in [2.45, 2.75) is 70.4 Å². The van der Waals surface area contributed by atoms with Gasteiger partial charge in [0.1, 0.15) is 6.04 Å². The van der Waals surface area contributed by atoms with Crippen LogP contribution in [-0.2, 0) is 23.9 Å². The van der Waals surface area contributed by atoms with Gasteiger partial charge in [0.15, 0.2) is 6.61 Å². The molecule has 3 atom stereocenters. The van der Waals surface area contributed by atoms with Gasteiger partial charge in [0.2, 0.25) is 11.8 Å². The van der Waals surface area contributed by atoms with Crippen molar-refractivity contribution in [2.75, 3.05) is 6.61 Å². The molecule has 3 aliphatic rings. The molecule has 0 bridgehead atoms. The minimum Gasteiger partial charge on any atom is -0.454 e. The number of fused-ring (bicyclic) bond motifs is 1. The van der Waals surface area contributed by atoms with E-state index in [1.165, 1.54) is 6.92 Å². The second-order valence-corrected chi connectivity index (χ2v) is 7.38. The molecule has 3 fully saturated rings. The third-order valence-corrected chi connectivity index (χ3v) is 5.67. The van der Waals surface area contributed by atoms with Crippen LogP contribution < -0.4 is 5.32 Å². The number of amides is 3. The molecule has 3 rings (SSSR count). The summed E-state index contributed by atoms with van der Waals surface area (Å²) >= 11 is 0. The summed E-state index contributed by atoms with van der Waals surface area (Å²) in [5.74, 6) is -2.16. The molecule has 1 aliphatic heterocycles. The Morgan fingerprint density at radius 3 is 2.12 bits per heavy atom. The van der Waals surface area contributed by atoms with Gasteiger partial charge in [0.25, 0.3) is 5.91 Å². The molecule has 0 aromatic heterocycles. The molecule has 0 radical (unpaired) electrons. The predicted molar refractivity (Wildman–Crippen MR) is 88.1 cm³/mol. The number of rotatable bonds is 5. The number of nitrogens with one attached hydrogen (secondary N) is 1. The number of carbonyl (C=O) groups excluding carboxylic acids is 4. The van der Waals surface area contributed by atoms with Crippen molar-refractivity contribution in [1.82, 2.24) is 10.2 Å². The lowest BCUT2D eigenvalue weighted by atomic mass is 9.81. The molecule has 7 nitrogen and oxygen atoms in total. The highest BCUT2D eigenvalue weighted by Crippen LogP contribution is 2.38. The number of imide groups is 1. The number of nitrogens with zero attached hydrogens (tertiary/aromatic N) is 1. The van der Waals surface area contributed by atoms with Gasteiger partial charge in [-0.2, -0.15) is 0 Å². The largest absolute Gasteiger partial charge is 0.454 e. The van der Waals surface area contributed by atoms with E-state index in [1.54, 1.807) is 0 Å². The second kappa shape index (κ2) is 7.54. The number of likely N-dealkylation sites (tertiary alicyclic amines) is 1. The molecular weight excluding hydrogens is 324 g/mol. The van der Waals surface area contributed by atoms with Crippen molar-refractivity contribution in [2.24, 2.45) is 11.8 Å². The Kier molecular flexibility index (Phi) is 5.39. The van der Waals surface area contributed by atoms with Crippen LogP contribution in [0.1, 0.15) is 58.3 Å². The van der Waals surface area contributed by atoms with Crippen LogP contribution in [0.3, 0.4) is 0 Å². The van der Waals surface area contributed by atoms with Crippen molar-refractivity contribution in [3.63, 3.8) is 0 Å². The number of ether oxygens (including phenoxy) is 1. The van der Waals surface area contributed by atoms with E-state index < -0.39 is 12.0 Å². The van der Waals surface area contributed by atoms with Crippen molar-refractivity contribution in [1.29, 1.82) is 0 Å². The molecule has 0 aromatic rings. The highest BCUT2D eigenvalue weighted by atomic mass is 16.5. The Labute approximate surface area is 147 Å². The summed E-state index contributed by atoms with van der Waals surface area (Å²) in [5, 5.41) is 2.84. The zero-order chi connectivity index (χ0) is 18.0. The van der Waals surface area contributed by atoms with Crippen LogP contribution in [0.15, 0.2) is 0 Å². The number of hydrogen-bond donors (Lipinski definition) is 1. The Hall–Kier alpha value is -1.92. The zero-order valence-corrected chi connectivity index (χ0v) is 14.7. The highest BCUT2D eigenvalue weighted by Gasteiger charge is 2.51. The molecule has 1 N–H and O–H groups in total. The van der Waals surface area contributed by atoms with E-state index in [0.29, 0.717) is 12.8 Å². The van der Waals surface area contributed by atoms with Crippen LogP contribution in [0.5, 0.6) is 0 Å². The monoisotopic (exact) mass is 350 g/mol. The van der Waals surface area contributed by atoms with Crippen molar-refractivity contribution in [3.8, 4) is 0 Å². The maximum atomic E-state index is 12.5. The average Bonchev–Trinajstić information content (AvgIpc) is 3.20. The lowest BCUT2D eigenvalue weighted by Crippen LogP contribution is -2.45. The first kappa shape index (κ1) is 17.9. The summed E-state index contributed by atoms with van der Waals surface area (Å²) in [6.45, 7) is 1.12. The van der Waals surface area contributed by atoms with Crippen LogP contribution in [0, 0.1) is 11.8 Å². The molecule has 25 heavy (non-hydrogen) atoms. The van der Waals surface area contributed by atoms with E-state index in [4.69, 9.17) is 4.74 Å². The maximum absolute atomic E-state index is 12.5. The third kappa shape index (κ3) is 3.70. The van der Waals surface area contributed by atoms with Crippen molar-refractivity contribution < 1.29 is 23.9 Å². The molecule has 138 valence electrons. The fraction of sp³-hybridized carbons (Fsp3) is 0.778. The quantitative estimate of drug-likeness (QED) is 0.593. The van der Waals surface area contributed by atoms with Crippen LogP contribution in [-0.4, -0.2) is 47.3 Å². The molecule has 2 aliphatic carbocycles. The van der Waals surface area contributed by atoms with Gasteiger partial charge in [-0.3, -0.25) is 19.3 Å². The first-order chi connectivity index (χ1) is 12.0. The topological polar surface area (TPSA) is 92.8 Å². The third-order valence-electron chi connectivity index (χ3n) is 5.67. The molecule has 0 spiro atoms. The van der Waals surface area contributed by atoms with E-state index in [9.17, 15) is 19.2 Å². The fourth-order valence-electron chi connectivity index (χ4n) is 4.27. The first-order valence-electron chi connectivity index (χ1n) is 9.32. The van der Waals surface area contributed by atoms with E-state index >= 15 is 0 Å². The molecule has 0 aromatic carbocycles. The van der Waals surface area contributed by atoms with Gasteiger partial charge < -0.3 is 10.1 Å². The summed E-state index contributed by atoms with van der Waals surface area (Å²) in [4.78, 5) is 50.1. The zero-order valence-electron chi connectivity index (χ0n) is 14.7. The van der Waals surface area contributed by atoms with E-state index in [1.807, 2.05) is 0 Å². The summed E-state index contributed by atoms with van der Waals surface area (Å²) in [5.41, 5.74) is 0. The van der Waals surface area contributed by atoms with Crippen LogP contribution in [0.2, 0.25) is 0 Å². The Morgan fingerprint density at radius 2 is 1.56 bits per heavy atom. The van der Waals surface area contributed by atoms with Gasteiger partial charge in [0.05, 0.1) is 11.8 Å². The SMILES string of the molecule is C[C@@H](C(=O)OCC(=O)NC1CCCC1)N1C(=O)[C@H]2CCCC[C@H]2C1=O. The van der Waals surface area contributed by atoms with Gasteiger partial charge in [0, 0.05) is 6.04 Å². The molecular formula is C18H26N2O5. The average molecular weight is 350 g/mol. The van der Waals surface area contributed by atoms with Crippen molar-refractivity contribution >= 4 is 23.7 Å². The van der Waals surface area contributed by atoms with Crippen LogP contribution in [0.25, 0.3) is 0 Å². The van der Waals surface area contributed by atoms with Gasteiger partial charge >= 0.3 is 5.97 Å². The maximum Gasteiger partial charge on any atom is 0.329 e. The summed E-state index contributed by atoms with van der Waals surface area (Å²) in [6, 6.07) is -0.821. The van der Waals surface area contributed by atoms with Gasteiger partial charge in [-0.1, -0.05) is 25.7 Å². The normalized spacial score (nSPS) is 28.0. The summed E-state index contributed by atoms with van der Waals surface area (Å²) in [6.07, 6.45) is 7.40. The standard InChI is InChI=1S/C18H26N2O5/c1-11(18(24)25-10-15(21)19-12-6-2-3-7-12)20-16(22)13-8-4-5-9-14(13)17(20)23/h11-14H,2-10H2,1H3,(H,19,21)/t11-,13-,14+/m0/s1. The van der Waals surface area contributed by atoms with Gasteiger partial charge in [-0.25, -0.2) is 4.79 Å². The van der Waals surface area contributed by atoms with E-state index in [0.717, 1.165) is 43.4 Å². The minimum absolute atomic E-state index is 0.161. The Bertz CT molecular complexity index is 546. The van der Waals surface area contributed by atoms with Gasteiger partial charge in [-0.15, -0.1) is 0 Å². The number of hydrogen-bond acceptors (Lipinski definition) is 5. The number of esters is 1. The highest BCUT2D eigenvalue weighted by molar-refractivity contribution is 6.07. The van der Waals surface area contributed by atoms with Crippen LogP contribution in [0.4, 0.5) is 0 Å². The lowest BCUT2D eigenvalue weighted by Gasteiger charge is -2.21. The smallest absolute Gasteiger partial charge is 0.329 e. The number of carbonyl (C=O) groups is 4. The lowest BCUT2D eigenvalue weighted by molar-refractivity contribution is -0.159. The predicted octanol–water partition coefficient (Wildman–Crippen LogP) is 1.15. The molecule has 1 heterocycles. The Balaban J connectivity index is 1.52. The molecule has 7 heteroatoms. The van der Waals surface area contributed by atoms with Gasteiger partial charge in [-0.05, 0) is 32.6 Å². The van der Waals surface area contributed by atoms with Crippen LogP contribution >= 0.6 is 0 Å². The minimum atomic E-state index is -0.982. The summed E-state index contributed by atoms with van der Waals surface area (Å²) < 4.78 is 5.04. The first-order valence-corrected chi connectivity index (χ1v) is 9.32. The van der Waals surface area contributed by atoms with E-state index in [-0.39, 0.29) is 42.2 Å².